The Kier molecular flexibility index (Phi) is 5.20. The van der Waals surface area contributed by atoms with E-state index in [0.717, 1.165) is 11.3 Å². The van der Waals surface area contributed by atoms with Crippen LogP contribution in [-0.4, -0.2) is 12.1 Å². The first-order valence-electron chi connectivity index (χ1n) is 6.58. The highest BCUT2D eigenvalue weighted by Gasteiger charge is 2.12. The highest BCUT2D eigenvalue weighted by Crippen LogP contribution is 2.23. The fourth-order valence-electron chi connectivity index (χ4n) is 1.65. The van der Waals surface area contributed by atoms with E-state index < -0.39 is 0 Å². The van der Waals surface area contributed by atoms with E-state index in [1.165, 1.54) is 0 Å². The van der Waals surface area contributed by atoms with Gasteiger partial charge in [0, 0.05) is 11.7 Å². The molecule has 0 radical (unpaired) electrons. The predicted octanol–water partition coefficient (Wildman–Crippen LogP) is 3.98. The largest absolute Gasteiger partial charge is 0.335 e. The smallest absolute Gasteiger partial charge is 0.319 e. The Hall–Kier alpha value is -1.51. The monoisotopic (exact) mass is 248 g/mol. The van der Waals surface area contributed by atoms with Crippen molar-refractivity contribution >= 4 is 11.7 Å². The molecule has 0 heterocycles. The van der Waals surface area contributed by atoms with Crippen LogP contribution in [0.1, 0.15) is 46.1 Å². The molecule has 0 aliphatic heterocycles. The van der Waals surface area contributed by atoms with Crippen LogP contribution in [0.15, 0.2) is 24.3 Å². The van der Waals surface area contributed by atoms with Crippen LogP contribution in [0.5, 0.6) is 0 Å². The molecule has 0 aliphatic carbocycles. The van der Waals surface area contributed by atoms with Crippen molar-refractivity contribution in [1.29, 1.82) is 0 Å². The summed E-state index contributed by atoms with van der Waals surface area (Å²) >= 11 is 0. The number of hydrogen-bond donors (Lipinski definition) is 2. The lowest BCUT2D eigenvalue weighted by molar-refractivity contribution is 0.246. The van der Waals surface area contributed by atoms with Gasteiger partial charge in [-0.1, -0.05) is 45.9 Å². The SMILES string of the molecule is CC(C)c1ccccc1NC(=O)N[C@H](C)C(C)C. The van der Waals surface area contributed by atoms with Crippen LogP contribution in [0.3, 0.4) is 0 Å². The van der Waals surface area contributed by atoms with Crippen LogP contribution in [-0.2, 0) is 0 Å². The van der Waals surface area contributed by atoms with Crippen molar-refractivity contribution in [1.82, 2.24) is 5.32 Å². The lowest BCUT2D eigenvalue weighted by atomic mass is 10.0. The fraction of sp³-hybridized carbons (Fsp3) is 0.533. The molecule has 3 nitrogen and oxygen atoms in total. The first kappa shape index (κ1) is 14.6. The van der Waals surface area contributed by atoms with Crippen molar-refractivity contribution in [2.45, 2.75) is 46.6 Å². The normalized spacial score (nSPS) is 12.6. The van der Waals surface area contributed by atoms with E-state index in [1.54, 1.807) is 0 Å². The van der Waals surface area contributed by atoms with Gasteiger partial charge in [0.15, 0.2) is 0 Å². The van der Waals surface area contributed by atoms with Gasteiger partial charge in [0.2, 0.25) is 0 Å². The molecule has 0 saturated carbocycles. The van der Waals surface area contributed by atoms with E-state index in [0.29, 0.717) is 11.8 Å². The lowest BCUT2D eigenvalue weighted by Gasteiger charge is -2.19. The molecule has 2 amide bonds. The number of para-hydroxylation sites is 1. The lowest BCUT2D eigenvalue weighted by Crippen LogP contribution is -2.39. The second kappa shape index (κ2) is 6.43. The summed E-state index contributed by atoms with van der Waals surface area (Å²) < 4.78 is 0. The summed E-state index contributed by atoms with van der Waals surface area (Å²) in [5, 5.41) is 5.87. The average molecular weight is 248 g/mol. The molecule has 0 saturated heterocycles. The Bertz CT molecular complexity index is 399. The number of urea groups is 1. The van der Waals surface area contributed by atoms with Crippen molar-refractivity contribution in [3.8, 4) is 0 Å². The first-order valence-corrected chi connectivity index (χ1v) is 6.58. The third kappa shape index (κ3) is 4.06. The van der Waals surface area contributed by atoms with Gasteiger partial charge >= 0.3 is 6.03 Å². The molecule has 18 heavy (non-hydrogen) atoms. The summed E-state index contributed by atoms with van der Waals surface area (Å²) in [5.74, 6) is 0.820. The third-order valence-electron chi connectivity index (χ3n) is 3.19. The summed E-state index contributed by atoms with van der Waals surface area (Å²) in [7, 11) is 0. The zero-order valence-electron chi connectivity index (χ0n) is 11.9. The van der Waals surface area contributed by atoms with Crippen molar-refractivity contribution in [3.05, 3.63) is 29.8 Å². The third-order valence-corrected chi connectivity index (χ3v) is 3.19. The molecular weight excluding hydrogens is 224 g/mol. The van der Waals surface area contributed by atoms with Crippen molar-refractivity contribution in [2.24, 2.45) is 5.92 Å². The van der Waals surface area contributed by atoms with Crippen LogP contribution in [0, 0.1) is 5.92 Å². The Morgan fingerprint density at radius 3 is 2.22 bits per heavy atom. The highest BCUT2D eigenvalue weighted by molar-refractivity contribution is 5.90. The molecule has 0 bridgehead atoms. The van der Waals surface area contributed by atoms with Gasteiger partial charge < -0.3 is 10.6 Å². The van der Waals surface area contributed by atoms with E-state index in [4.69, 9.17) is 0 Å². The Balaban J connectivity index is 2.70. The van der Waals surface area contributed by atoms with Gasteiger partial charge in [-0.3, -0.25) is 0 Å². The predicted molar refractivity (Wildman–Crippen MR) is 77.0 cm³/mol. The minimum Gasteiger partial charge on any atom is -0.335 e. The average Bonchev–Trinajstić information content (AvgIpc) is 2.28. The van der Waals surface area contributed by atoms with Gasteiger partial charge in [-0.25, -0.2) is 4.79 Å². The minimum atomic E-state index is -0.135. The maximum absolute atomic E-state index is 11.9. The van der Waals surface area contributed by atoms with E-state index >= 15 is 0 Å². The Labute approximate surface area is 110 Å². The number of anilines is 1. The van der Waals surface area contributed by atoms with Crippen LogP contribution in [0.4, 0.5) is 10.5 Å². The standard InChI is InChI=1S/C15H24N2O/c1-10(2)12(5)16-15(18)17-14-9-7-6-8-13(14)11(3)4/h6-12H,1-5H3,(H2,16,17,18)/t12-/m1/s1. The molecule has 0 fully saturated rings. The number of hydrogen-bond acceptors (Lipinski definition) is 1. The number of nitrogens with one attached hydrogen (secondary N) is 2. The van der Waals surface area contributed by atoms with E-state index in [9.17, 15) is 4.79 Å². The summed E-state index contributed by atoms with van der Waals surface area (Å²) in [6.45, 7) is 10.4. The molecule has 0 aromatic heterocycles. The summed E-state index contributed by atoms with van der Waals surface area (Å²) in [4.78, 5) is 11.9. The molecule has 0 unspecified atom stereocenters. The zero-order chi connectivity index (χ0) is 13.7. The van der Waals surface area contributed by atoms with Crippen molar-refractivity contribution in [3.63, 3.8) is 0 Å². The van der Waals surface area contributed by atoms with Gasteiger partial charge in [-0.2, -0.15) is 0 Å². The van der Waals surface area contributed by atoms with Gasteiger partial charge in [0.1, 0.15) is 0 Å². The molecule has 3 heteroatoms. The second-order valence-corrected chi connectivity index (χ2v) is 5.37. The zero-order valence-corrected chi connectivity index (χ0v) is 11.9. The molecule has 1 aromatic rings. The van der Waals surface area contributed by atoms with Crippen molar-refractivity contribution in [2.75, 3.05) is 5.32 Å². The van der Waals surface area contributed by atoms with E-state index in [2.05, 4.69) is 38.3 Å². The van der Waals surface area contributed by atoms with Gasteiger partial charge in [-0.05, 0) is 30.4 Å². The maximum Gasteiger partial charge on any atom is 0.319 e. The van der Waals surface area contributed by atoms with Crippen LogP contribution >= 0.6 is 0 Å². The summed E-state index contributed by atoms with van der Waals surface area (Å²) in [6, 6.07) is 7.95. The van der Waals surface area contributed by atoms with Crippen LogP contribution in [0.2, 0.25) is 0 Å². The minimum absolute atomic E-state index is 0.135. The highest BCUT2D eigenvalue weighted by atomic mass is 16.2. The Morgan fingerprint density at radius 2 is 1.67 bits per heavy atom. The molecule has 100 valence electrons. The van der Waals surface area contributed by atoms with Gasteiger partial charge in [-0.15, -0.1) is 0 Å². The number of rotatable bonds is 4. The maximum atomic E-state index is 11.9. The second-order valence-electron chi connectivity index (χ2n) is 5.37. The van der Waals surface area contributed by atoms with Gasteiger partial charge in [0.25, 0.3) is 0 Å². The van der Waals surface area contributed by atoms with Gasteiger partial charge in [0.05, 0.1) is 0 Å². The molecule has 0 aliphatic rings. The van der Waals surface area contributed by atoms with E-state index in [-0.39, 0.29) is 12.1 Å². The topological polar surface area (TPSA) is 41.1 Å². The molecule has 2 N–H and O–H groups in total. The Morgan fingerprint density at radius 1 is 1.06 bits per heavy atom. The fourth-order valence-corrected chi connectivity index (χ4v) is 1.65. The molecular formula is C15H24N2O. The number of amides is 2. The molecule has 0 spiro atoms. The number of carbonyl (C=O) groups is 1. The summed E-state index contributed by atoms with van der Waals surface area (Å²) in [6.07, 6.45) is 0. The van der Waals surface area contributed by atoms with Crippen LogP contribution < -0.4 is 10.6 Å². The molecule has 1 atom stereocenters. The first-order chi connectivity index (χ1) is 8.41. The number of benzene rings is 1. The summed E-state index contributed by atoms with van der Waals surface area (Å²) in [5.41, 5.74) is 2.05. The van der Waals surface area contributed by atoms with E-state index in [1.807, 2.05) is 31.2 Å². The number of carbonyl (C=O) groups excluding carboxylic acids is 1. The van der Waals surface area contributed by atoms with Crippen LogP contribution in [0.25, 0.3) is 0 Å². The quantitative estimate of drug-likeness (QED) is 0.831. The molecule has 1 aromatic carbocycles. The van der Waals surface area contributed by atoms with Crippen molar-refractivity contribution < 1.29 is 4.79 Å². The molecule has 1 rings (SSSR count).